The Morgan fingerprint density at radius 3 is 1.83 bits per heavy atom. The molecule has 104 valence electrons. The summed E-state index contributed by atoms with van der Waals surface area (Å²) in [7, 11) is 0.00996. The van der Waals surface area contributed by atoms with E-state index in [1.165, 1.54) is 70.7 Å². The topological polar surface area (TPSA) is 6.48 Å². The van der Waals surface area contributed by atoms with Crippen molar-refractivity contribution in [3.8, 4) is 0 Å². The van der Waals surface area contributed by atoms with Crippen molar-refractivity contribution < 1.29 is 0 Å². The third-order valence-electron chi connectivity index (χ3n) is 4.45. The van der Waals surface area contributed by atoms with Crippen LogP contribution in [0.25, 0.3) is 0 Å². The molecule has 0 aromatic rings. The lowest BCUT2D eigenvalue weighted by Gasteiger charge is -2.43. The van der Waals surface area contributed by atoms with Crippen LogP contribution in [0, 0.1) is 0 Å². The summed E-state index contributed by atoms with van der Waals surface area (Å²) in [4.78, 5) is 5.59. The highest BCUT2D eigenvalue weighted by Crippen LogP contribution is 2.21. The molecule has 0 aromatic carbocycles. The largest absolute Gasteiger partial charge is 0.288 e. The number of nitrogens with zero attached hydrogens (tertiary/aromatic N) is 2. The standard InChI is InChI=1S/C15H30N2Si/c1-2-13-18-14-15(16-9-5-3-6-10-16)17-11-7-4-8-12-17/h2,13,15H,3-12,14,18H2,1H3. The van der Waals surface area contributed by atoms with Gasteiger partial charge in [-0.25, -0.2) is 0 Å². The number of rotatable bonds is 5. The predicted molar refractivity (Wildman–Crippen MR) is 82.8 cm³/mol. The van der Waals surface area contributed by atoms with E-state index in [0.717, 1.165) is 6.17 Å². The monoisotopic (exact) mass is 266 g/mol. The average Bonchev–Trinajstić information content (AvgIpc) is 2.46. The molecule has 0 N–H and O–H groups in total. The Balaban J connectivity index is 1.91. The molecule has 0 unspecified atom stereocenters. The summed E-state index contributed by atoms with van der Waals surface area (Å²) in [5, 5.41) is 0. The zero-order chi connectivity index (χ0) is 12.6. The van der Waals surface area contributed by atoms with Crippen LogP contribution in [0.4, 0.5) is 0 Å². The molecule has 2 aliphatic heterocycles. The summed E-state index contributed by atoms with van der Waals surface area (Å²) < 4.78 is 0. The summed E-state index contributed by atoms with van der Waals surface area (Å²) in [6.07, 6.45) is 11.7. The van der Waals surface area contributed by atoms with Crippen molar-refractivity contribution in [1.29, 1.82) is 0 Å². The van der Waals surface area contributed by atoms with Crippen LogP contribution >= 0.6 is 0 Å². The van der Waals surface area contributed by atoms with E-state index in [9.17, 15) is 0 Å². The molecule has 0 bridgehead atoms. The Morgan fingerprint density at radius 2 is 1.39 bits per heavy atom. The van der Waals surface area contributed by atoms with Gasteiger partial charge in [-0.1, -0.05) is 18.9 Å². The SMILES string of the molecule is CC=C[SiH2]CC(N1CCCCC1)N1CCCCC1. The van der Waals surface area contributed by atoms with E-state index in [-0.39, 0.29) is 9.52 Å². The van der Waals surface area contributed by atoms with Crippen LogP contribution in [0.2, 0.25) is 6.04 Å². The number of hydrogen-bond acceptors (Lipinski definition) is 2. The third kappa shape index (κ3) is 4.21. The van der Waals surface area contributed by atoms with Gasteiger partial charge in [0, 0.05) is 9.52 Å². The number of piperidine rings is 2. The van der Waals surface area contributed by atoms with E-state index in [1.807, 2.05) is 0 Å². The second kappa shape index (κ2) is 8.13. The molecule has 2 aliphatic rings. The predicted octanol–water partition coefficient (Wildman–Crippen LogP) is 2.41. The van der Waals surface area contributed by atoms with Gasteiger partial charge < -0.3 is 0 Å². The second-order valence-electron chi connectivity index (χ2n) is 5.82. The molecule has 0 spiro atoms. The van der Waals surface area contributed by atoms with Gasteiger partial charge >= 0.3 is 0 Å². The van der Waals surface area contributed by atoms with Crippen molar-refractivity contribution in [2.75, 3.05) is 26.2 Å². The highest BCUT2D eigenvalue weighted by Gasteiger charge is 2.26. The fraction of sp³-hybridized carbons (Fsp3) is 0.867. The average molecular weight is 267 g/mol. The van der Waals surface area contributed by atoms with Crippen molar-refractivity contribution in [2.24, 2.45) is 0 Å². The highest BCUT2D eigenvalue weighted by molar-refractivity contribution is 6.42. The van der Waals surface area contributed by atoms with Gasteiger partial charge in [-0.15, -0.1) is 5.70 Å². The Hall–Kier alpha value is -0.123. The molecule has 0 amide bonds. The summed E-state index contributed by atoms with van der Waals surface area (Å²) >= 11 is 0. The maximum absolute atomic E-state index is 2.80. The van der Waals surface area contributed by atoms with Crippen molar-refractivity contribution >= 4 is 9.52 Å². The van der Waals surface area contributed by atoms with Gasteiger partial charge in [-0.05, 0) is 64.8 Å². The van der Waals surface area contributed by atoms with E-state index < -0.39 is 0 Å². The first-order valence-corrected chi connectivity index (χ1v) is 9.82. The maximum atomic E-state index is 2.80. The summed E-state index contributed by atoms with van der Waals surface area (Å²) in [6.45, 7) is 7.58. The van der Waals surface area contributed by atoms with Crippen LogP contribution in [0.1, 0.15) is 45.4 Å². The number of likely N-dealkylation sites (tertiary alicyclic amines) is 2. The van der Waals surface area contributed by atoms with Crippen molar-refractivity contribution in [3.63, 3.8) is 0 Å². The van der Waals surface area contributed by atoms with Crippen molar-refractivity contribution in [1.82, 2.24) is 9.80 Å². The van der Waals surface area contributed by atoms with Crippen LogP contribution in [-0.4, -0.2) is 51.7 Å². The van der Waals surface area contributed by atoms with Crippen molar-refractivity contribution in [2.45, 2.75) is 57.7 Å². The van der Waals surface area contributed by atoms with E-state index in [0.29, 0.717) is 0 Å². The molecule has 0 atom stereocenters. The van der Waals surface area contributed by atoms with Crippen LogP contribution < -0.4 is 0 Å². The Kier molecular flexibility index (Phi) is 6.45. The van der Waals surface area contributed by atoms with Gasteiger partial charge in [-0.3, -0.25) is 9.80 Å². The smallest absolute Gasteiger partial charge is 0.0595 e. The minimum atomic E-state index is 0.00996. The lowest BCUT2D eigenvalue weighted by atomic mass is 10.1. The molecular formula is C15H30N2Si. The van der Waals surface area contributed by atoms with Crippen LogP contribution in [0.3, 0.4) is 0 Å². The van der Waals surface area contributed by atoms with E-state index in [1.54, 1.807) is 0 Å². The molecule has 18 heavy (non-hydrogen) atoms. The zero-order valence-electron chi connectivity index (χ0n) is 12.1. The summed E-state index contributed by atoms with van der Waals surface area (Å²) in [5.74, 6) is 0. The Bertz CT molecular complexity index is 225. The second-order valence-corrected chi connectivity index (χ2v) is 7.45. The normalized spacial score (nSPS) is 24.8. The van der Waals surface area contributed by atoms with E-state index >= 15 is 0 Å². The maximum Gasteiger partial charge on any atom is 0.0595 e. The molecule has 0 radical (unpaired) electrons. The molecule has 2 saturated heterocycles. The molecule has 0 saturated carbocycles. The molecule has 3 heteroatoms. The molecule has 0 aliphatic carbocycles. The van der Waals surface area contributed by atoms with Gasteiger partial charge in [0.1, 0.15) is 0 Å². The summed E-state index contributed by atoms with van der Waals surface area (Å²) in [6, 6.07) is 1.46. The van der Waals surface area contributed by atoms with Crippen LogP contribution in [-0.2, 0) is 0 Å². The van der Waals surface area contributed by atoms with Gasteiger partial charge in [0.25, 0.3) is 0 Å². The first kappa shape index (κ1) is 14.3. The minimum absolute atomic E-state index is 0.00996. The minimum Gasteiger partial charge on any atom is -0.288 e. The fourth-order valence-corrected chi connectivity index (χ4v) is 5.00. The number of allylic oxidation sites excluding steroid dienone is 1. The molecule has 0 aromatic heterocycles. The third-order valence-corrected chi connectivity index (χ3v) is 6.11. The molecule has 2 rings (SSSR count). The summed E-state index contributed by atoms with van der Waals surface area (Å²) in [5.41, 5.74) is 2.47. The van der Waals surface area contributed by atoms with Gasteiger partial charge in [-0.2, -0.15) is 0 Å². The Labute approximate surface area is 115 Å². The molecule has 2 nitrogen and oxygen atoms in total. The van der Waals surface area contributed by atoms with Gasteiger partial charge in [0.2, 0.25) is 0 Å². The van der Waals surface area contributed by atoms with Gasteiger partial charge in [0.05, 0.1) is 6.17 Å². The highest BCUT2D eigenvalue weighted by atomic mass is 28.2. The molecular weight excluding hydrogens is 236 g/mol. The molecule has 2 fully saturated rings. The van der Waals surface area contributed by atoms with Crippen molar-refractivity contribution in [3.05, 3.63) is 11.8 Å². The van der Waals surface area contributed by atoms with Gasteiger partial charge in [0.15, 0.2) is 0 Å². The zero-order valence-corrected chi connectivity index (χ0v) is 13.5. The Morgan fingerprint density at radius 1 is 0.889 bits per heavy atom. The van der Waals surface area contributed by atoms with Crippen LogP contribution in [0.15, 0.2) is 11.8 Å². The molecule has 2 heterocycles. The van der Waals surface area contributed by atoms with E-state index in [4.69, 9.17) is 0 Å². The lowest BCUT2D eigenvalue weighted by Crippen LogP contribution is -2.52. The first-order valence-electron chi connectivity index (χ1n) is 8.01. The van der Waals surface area contributed by atoms with E-state index in [2.05, 4.69) is 28.5 Å². The lowest BCUT2D eigenvalue weighted by molar-refractivity contribution is 0.0294. The first-order chi connectivity index (χ1) is 8.92. The fourth-order valence-electron chi connectivity index (χ4n) is 3.44. The quantitative estimate of drug-likeness (QED) is 0.705. The van der Waals surface area contributed by atoms with Crippen LogP contribution in [0.5, 0.6) is 0 Å². The number of hydrogen-bond donors (Lipinski definition) is 0.